The van der Waals surface area contributed by atoms with Gasteiger partial charge in [0, 0.05) is 13.1 Å². The van der Waals surface area contributed by atoms with Gasteiger partial charge >= 0.3 is 0 Å². The Balaban J connectivity index is 2.22. The zero-order valence-corrected chi connectivity index (χ0v) is 10.7. The summed E-state index contributed by atoms with van der Waals surface area (Å²) in [7, 11) is 0. The lowest BCUT2D eigenvalue weighted by Crippen LogP contribution is -2.32. The minimum atomic E-state index is 0.803. The van der Waals surface area contributed by atoms with Crippen molar-refractivity contribution in [3.05, 3.63) is 29.3 Å². The van der Waals surface area contributed by atoms with E-state index in [9.17, 15) is 5.26 Å². The smallest absolute Gasteiger partial charge is 0.101 e. The highest BCUT2D eigenvalue weighted by Crippen LogP contribution is 2.30. The molecule has 90 valence electrons. The first-order valence-electron chi connectivity index (χ1n) is 6.50. The van der Waals surface area contributed by atoms with E-state index < -0.39 is 0 Å². The van der Waals surface area contributed by atoms with Crippen LogP contribution in [0.1, 0.15) is 37.3 Å². The third kappa shape index (κ3) is 2.61. The summed E-state index contributed by atoms with van der Waals surface area (Å²) in [4.78, 5) is 2.36. The second kappa shape index (κ2) is 5.23. The van der Waals surface area contributed by atoms with Crippen molar-refractivity contribution < 1.29 is 0 Å². The Hall–Kier alpha value is -1.49. The summed E-state index contributed by atoms with van der Waals surface area (Å²) in [5.74, 6) is 0.835. The Labute approximate surface area is 104 Å². The Morgan fingerprint density at radius 3 is 2.71 bits per heavy atom. The Morgan fingerprint density at radius 1 is 1.41 bits per heavy atom. The van der Waals surface area contributed by atoms with E-state index >= 15 is 0 Å². The predicted octanol–water partition coefficient (Wildman–Crippen LogP) is 3.49. The number of nitrogens with zero attached hydrogens (tertiary/aromatic N) is 2. The molecule has 0 amide bonds. The van der Waals surface area contributed by atoms with Crippen LogP contribution in [0.15, 0.2) is 18.2 Å². The van der Waals surface area contributed by atoms with Gasteiger partial charge in [0.25, 0.3) is 0 Å². The van der Waals surface area contributed by atoms with Crippen LogP contribution in [0.5, 0.6) is 0 Å². The summed E-state index contributed by atoms with van der Waals surface area (Å²) < 4.78 is 0. The highest BCUT2D eigenvalue weighted by Gasteiger charge is 2.21. The van der Waals surface area contributed by atoms with Crippen molar-refractivity contribution in [2.24, 2.45) is 5.92 Å². The SMILES string of the molecule is CCN(CC1CCC1)c1cc(C)ccc1C#N. The fraction of sp³-hybridized carbons (Fsp3) is 0.533. The number of aryl methyl sites for hydroxylation is 1. The van der Waals surface area contributed by atoms with Crippen molar-refractivity contribution >= 4 is 5.69 Å². The Morgan fingerprint density at radius 2 is 2.18 bits per heavy atom. The summed E-state index contributed by atoms with van der Waals surface area (Å²) in [6.45, 7) is 6.34. The normalized spacial score (nSPS) is 15.1. The fourth-order valence-corrected chi connectivity index (χ4v) is 2.38. The standard InChI is InChI=1S/C15H20N2/c1-3-17(11-13-5-4-6-13)15-9-12(2)7-8-14(15)10-16/h7-9,13H,3-6,11H2,1-2H3. The summed E-state index contributed by atoms with van der Waals surface area (Å²) >= 11 is 0. The number of anilines is 1. The van der Waals surface area contributed by atoms with Gasteiger partial charge in [0.1, 0.15) is 6.07 Å². The molecule has 1 aliphatic rings. The summed E-state index contributed by atoms with van der Waals surface area (Å²) in [6.07, 6.45) is 4.08. The lowest BCUT2D eigenvalue weighted by atomic mass is 9.85. The number of hydrogen-bond donors (Lipinski definition) is 0. The lowest BCUT2D eigenvalue weighted by molar-refractivity contribution is 0.318. The maximum Gasteiger partial charge on any atom is 0.101 e. The number of benzene rings is 1. The van der Waals surface area contributed by atoms with E-state index in [4.69, 9.17) is 0 Å². The Bertz CT molecular complexity index is 427. The van der Waals surface area contributed by atoms with Crippen molar-refractivity contribution in [2.75, 3.05) is 18.0 Å². The molecule has 0 spiro atoms. The number of nitriles is 1. The van der Waals surface area contributed by atoms with E-state index in [0.29, 0.717) is 0 Å². The molecule has 0 bridgehead atoms. The van der Waals surface area contributed by atoms with Gasteiger partial charge in [0.2, 0.25) is 0 Å². The number of hydrogen-bond acceptors (Lipinski definition) is 2. The van der Waals surface area contributed by atoms with E-state index in [1.165, 1.54) is 24.8 Å². The molecule has 0 radical (unpaired) electrons. The molecule has 0 N–H and O–H groups in total. The van der Waals surface area contributed by atoms with Crippen molar-refractivity contribution in [3.63, 3.8) is 0 Å². The second-order valence-electron chi connectivity index (χ2n) is 4.97. The van der Waals surface area contributed by atoms with Crippen molar-refractivity contribution in [1.82, 2.24) is 0 Å². The van der Waals surface area contributed by atoms with E-state index in [-0.39, 0.29) is 0 Å². The quantitative estimate of drug-likeness (QED) is 0.788. The molecular weight excluding hydrogens is 208 g/mol. The van der Waals surface area contributed by atoms with Gasteiger partial charge in [0.15, 0.2) is 0 Å². The van der Waals surface area contributed by atoms with Gasteiger partial charge in [-0.2, -0.15) is 5.26 Å². The Kier molecular flexibility index (Phi) is 3.68. The molecule has 17 heavy (non-hydrogen) atoms. The monoisotopic (exact) mass is 228 g/mol. The molecule has 1 aliphatic carbocycles. The highest BCUT2D eigenvalue weighted by atomic mass is 15.1. The summed E-state index contributed by atoms with van der Waals surface area (Å²) in [5.41, 5.74) is 3.14. The molecule has 0 unspecified atom stereocenters. The van der Waals surface area contributed by atoms with Gasteiger partial charge in [-0.15, -0.1) is 0 Å². The van der Waals surface area contributed by atoms with Gasteiger partial charge in [-0.05, 0) is 50.3 Å². The maximum atomic E-state index is 9.18. The van der Waals surface area contributed by atoms with Gasteiger partial charge < -0.3 is 4.90 Å². The summed E-state index contributed by atoms with van der Waals surface area (Å²) in [5, 5.41) is 9.18. The van der Waals surface area contributed by atoms with Gasteiger partial charge in [-0.1, -0.05) is 12.5 Å². The lowest BCUT2D eigenvalue weighted by Gasteiger charge is -2.33. The molecule has 1 saturated carbocycles. The average Bonchev–Trinajstić information content (AvgIpc) is 2.28. The highest BCUT2D eigenvalue weighted by molar-refractivity contribution is 5.60. The molecule has 1 fully saturated rings. The van der Waals surface area contributed by atoms with Crippen LogP contribution in [0.25, 0.3) is 0 Å². The molecular formula is C15H20N2. The van der Waals surface area contributed by atoms with Crippen LogP contribution in [0.3, 0.4) is 0 Å². The van der Waals surface area contributed by atoms with Crippen LogP contribution in [-0.2, 0) is 0 Å². The molecule has 0 aromatic heterocycles. The molecule has 0 aliphatic heterocycles. The molecule has 0 saturated heterocycles. The minimum Gasteiger partial charge on any atom is -0.370 e. The van der Waals surface area contributed by atoms with Crippen molar-refractivity contribution in [1.29, 1.82) is 5.26 Å². The first-order valence-corrected chi connectivity index (χ1v) is 6.50. The molecule has 2 rings (SSSR count). The van der Waals surface area contributed by atoms with E-state index in [2.05, 4.69) is 30.9 Å². The predicted molar refractivity (Wildman–Crippen MR) is 71.1 cm³/mol. The van der Waals surface area contributed by atoms with Gasteiger partial charge in [-0.25, -0.2) is 0 Å². The third-order valence-corrected chi connectivity index (χ3v) is 3.70. The molecule has 0 heterocycles. The zero-order valence-electron chi connectivity index (χ0n) is 10.7. The van der Waals surface area contributed by atoms with Crippen LogP contribution in [-0.4, -0.2) is 13.1 Å². The van der Waals surface area contributed by atoms with Crippen LogP contribution < -0.4 is 4.90 Å². The molecule has 1 aromatic rings. The van der Waals surface area contributed by atoms with Crippen molar-refractivity contribution in [2.45, 2.75) is 33.1 Å². The largest absolute Gasteiger partial charge is 0.370 e. The average molecular weight is 228 g/mol. The second-order valence-corrected chi connectivity index (χ2v) is 4.97. The molecule has 0 atom stereocenters. The van der Waals surface area contributed by atoms with Crippen molar-refractivity contribution in [3.8, 4) is 6.07 Å². The van der Waals surface area contributed by atoms with E-state index in [0.717, 1.165) is 30.3 Å². The summed E-state index contributed by atoms with van der Waals surface area (Å²) in [6, 6.07) is 8.40. The van der Waals surface area contributed by atoms with E-state index in [1.807, 2.05) is 12.1 Å². The third-order valence-electron chi connectivity index (χ3n) is 3.70. The molecule has 2 nitrogen and oxygen atoms in total. The van der Waals surface area contributed by atoms with Gasteiger partial charge in [0.05, 0.1) is 11.3 Å². The first kappa shape index (κ1) is 12.0. The van der Waals surface area contributed by atoms with Crippen LogP contribution in [0.4, 0.5) is 5.69 Å². The first-order chi connectivity index (χ1) is 8.24. The zero-order chi connectivity index (χ0) is 12.3. The fourth-order valence-electron chi connectivity index (χ4n) is 2.38. The van der Waals surface area contributed by atoms with Crippen LogP contribution in [0.2, 0.25) is 0 Å². The van der Waals surface area contributed by atoms with Crippen LogP contribution in [0, 0.1) is 24.2 Å². The molecule has 2 heteroatoms. The topological polar surface area (TPSA) is 27.0 Å². The van der Waals surface area contributed by atoms with E-state index in [1.54, 1.807) is 0 Å². The van der Waals surface area contributed by atoms with Gasteiger partial charge in [-0.3, -0.25) is 0 Å². The number of rotatable bonds is 4. The van der Waals surface area contributed by atoms with Crippen LogP contribution >= 0.6 is 0 Å². The maximum absolute atomic E-state index is 9.18. The minimum absolute atomic E-state index is 0.803. The molecule has 1 aromatic carbocycles.